The number of fused-ring (bicyclic) bond motifs is 2. The average Bonchev–Trinajstić information content (AvgIpc) is 3.28. The van der Waals surface area contributed by atoms with Gasteiger partial charge in [0.2, 0.25) is 11.8 Å². The van der Waals surface area contributed by atoms with Crippen LogP contribution in [0.1, 0.15) is 33.6 Å². The molecule has 4 aromatic rings. The third-order valence-corrected chi connectivity index (χ3v) is 10.5. The van der Waals surface area contributed by atoms with E-state index in [2.05, 4.69) is 20.8 Å². The summed E-state index contributed by atoms with van der Waals surface area (Å²) in [5.41, 5.74) is 2.80. The molecule has 2 aliphatic heterocycles. The van der Waals surface area contributed by atoms with Crippen molar-refractivity contribution in [3.63, 3.8) is 0 Å². The minimum Gasteiger partial charge on any atom is -0.484 e. The van der Waals surface area contributed by atoms with E-state index in [0.29, 0.717) is 120 Å². The number of ether oxygens (including phenoxy) is 4. The van der Waals surface area contributed by atoms with Crippen LogP contribution in [0, 0.1) is 5.82 Å². The number of hydrogen-bond donors (Lipinski definition) is 3. The maximum atomic E-state index is 14.9. The van der Waals surface area contributed by atoms with Gasteiger partial charge in [0, 0.05) is 63.3 Å². The van der Waals surface area contributed by atoms with Crippen LogP contribution in [0.5, 0.6) is 5.75 Å². The summed E-state index contributed by atoms with van der Waals surface area (Å²) in [5.74, 6) is -1.11. The summed E-state index contributed by atoms with van der Waals surface area (Å²) >= 11 is 5.74. The summed E-state index contributed by atoms with van der Waals surface area (Å²) in [6.45, 7) is 4.99. The van der Waals surface area contributed by atoms with Crippen LogP contribution in [0.4, 0.5) is 10.1 Å². The highest BCUT2D eigenvalue weighted by Crippen LogP contribution is 2.31. The van der Waals surface area contributed by atoms with E-state index in [9.17, 15) is 28.4 Å². The number of H-pyrrole nitrogens is 1. The smallest absolute Gasteiger partial charge is 0.272 e. The van der Waals surface area contributed by atoms with Crippen LogP contribution < -0.4 is 25.8 Å². The average molecular weight is 864 g/mol. The molecule has 0 bridgehead atoms. The Morgan fingerprint density at radius 3 is 2.21 bits per heavy atom. The second-order valence-corrected chi connectivity index (χ2v) is 14.8. The maximum Gasteiger partial charge on any atom is 0.272 e. The van der Waals surface area contributed by atoms with Gasteiger partial charge >= 0.3 is 0 Å². The van der Waals surface area contributed by atoms with Crippen molar-refractivity contribution < 1.29 is 42.5 Å². The van der Waals surface area contributed by atoms with Crippen LogP contribution in [0.2, 0.25) is 0 Å². The monoisotopic (exact) mass is 863 g/mol. The minimum atomic E-state index is -0.614. The number of piperazine rings is 1. The first-order valence-electron chi connectivity index (χ1n) is 20.3. The Morgan fingerprint density at radius 1 is 0.803 bits per heavy atom. The number of rotatable bonds is 21. The second-order valence-electron chi connectivity index (χ2n) is 14.5. The Morgan fingerprint density at radius 2 is 1.49 bits per heavy atom. The summed E-state index contributed by atoms with van der Waals surface area (Å²) < 4.78 is 37.1. The Hall–Kier alpha value is -5.46. The molecule has 2 aliphatic rings. The van der Waals surface area contributed by atoms with Crippen molar-refractivity contribution in [1.29, 1.82) is 0 Å². The molecule has 6 rings (SSSR count). The van der Waals surface area contributed by atoms with E-state index in [-0.39, 0.29) is 47.9 Å². The number of nitrogens with one attached hydrogen (secondary N) is 3. The van der Waals surface area contributed by atoms with Crippen molar-refractivity contribution in [3.05, 3.63) is 99.2 Å². The van der Waals surface area contributed by atoms with E-state index in [1.54, 1.807) is 34.1 Å². The van der Waals surface area contributed by atoms with Gasteiger partial charge in [0.05, 0.1) is 62.8 Å². The molecule has 3 heterocycles. The van der Waals surface area contributed by atoms with Gasteiger partial charge in [-0.15, -0.1) is 11.6 Å². The number of aromatic nitrogens is 2. The number of alkyl halides is 1. The van der Waals surface area contributed by atoms with Crippen LogP contribution in [-0.2, 0) is 41.4 Å². The first-order valence-corrected chi connectivity index (χ1v) is 20.9. The molecule has 0 unspecified atom stereocenters. The lowest BCUT2D eigenvalue weighted by atomic mass is 10.0. The van der Waals surface area contributed by atoms with E-state index in [1.165, 1.54) is 12.1 Å². The quantitative estimate of drug-likeness (QED) is 0.0826. The molecule has 0 aliphatic carbocycles. The molecule has 326 valence electrons. The van der Waals surface area contributed by atoms with Gasteiger partial charge in [-0.2, -0.15) is 5.10 Å². The molecule has 0 saturated carbocycles. The summed E-state index contributed by atoms with van der Waals surface area (Å²) in [6.07, 6.45) is 1.96. The molecular formula is C43H51ClFN7O9. The number of nitrogens with zero attached hydrogens (tertiary/aromatic N) is 4. The van der Waals surface area contributed by atoms with E-state index < -0.39 is 11.7 Å². The SMILES string of the molecule is O=C(COc1ccc2c(c1)CCCN2C(=O)CCl)NCCOCCOCCOCCNC(=O)CN1CCN(C(=O)c2cc(Cc3n[nH]c(=O)c4ccccc34)ccc2F)CC1. The first-order chi connectivity index (χ1) is 29.7. The zero-order valence-corrected chi connectivity index (χ0v) is 34.7. The largest absolute Gasteiger partial charge is 0.484 e. The van der Waals surface area contributed by atoms with Gasteiger partial charge in [0.15, 0.2) is 6.61 Å². The highest BCUT2D eigenvalue weighted by Gasteiger charge is 2.26. The third kappa shape index (κ3) is 13.0. The molecule has 0 spiro atoms. The van der Waals surface area contributed by atoms with Crippen molar-refractivity contribution in [2.24, 2.45) is 0 Å². The van der Waals surface area contributed by atoms with Gasteiger partial charge in [-0.3, -0.25) is 28.9 Å². The van der Waals surface area contributed by atoms with Gasteiger partial charge in [-0.05, 0) is 60.4 Å². The number of amides is 4. The van der Waals surface area contributed by atoms with Crippen LogP contribution in [-0.4, -0.2) is 148 Å². The molecule has 4 amide bonds. The second kappa shape index (κ2) is 22.9. The molecule has 18 heteroatoms. The van der Waals surface area contributed by atoms with Crippen molar-refractivity contribution in [2.75, 3.05) is 109 Å². The number of benzene rings is 3. The fraction of sp³-hybridized carbons (Fsp3) is 0.442. The first kappa shape index (κ1) is 45.1. The fourth-order valence-corrected chi connectivity index (χ4v) is 7.29. The number of aromatic amines is 1. The molecule has 0 atom stereocenters. The molecule has 16 nitrogen and oxygen atoms in total. The van der Waals surface area contributed by atoms with Crippen molar-refractivity contribution >= 4 is 51.7 Å². The summed E-state index contributed by atoms with van der Waals surface area (Å²) in [4.78, 5) is 67.6. The molecule has 1 fully saturated rings. The van der Waals surface area contributed by atoms with Crippen molar-refractivity contribution in [3.8, 4) is 5.75 Å². The number of carbonyl (C=O) groups excluding carboxylic acids is 4. The summed E-state index contributed by atoms with van der Waals surface area (Å²) in [6, 6.07) is 17.0. The predicted octanol–water partition coefficient (Wildman–Crippen LogP) is 2.29. The number of anilines is 1. The molecule has 0 radical (unpaired) electrons. The zero-order valence-electron chi connectivity index (χ0n) is 33.9. The Balaban J connectivity index is 0.758. The van der Waals surface area contributed by atoms with E-state index in [1.807, 2.05) is 29.2 Å². The maximum absolute atomic E-state index is 14.9. The molecule has 3 N–H and O–H groups in total. The van der Waals surface area contributed by atoms with E-state index in [4.69, 9.17) is 30.5 Å². The molecular weight excluding hydrogens is 813 g/mol. The minimum absolute atomic E-state index is 0.0299. The Kier molecular flexibility index (Phi) is 17.0. The van der Waals surface area contributed by atoms with Crippen LogP contribution in [0.3, 0.4) is 0 Å². The highest BCUT2D eigenvalue weighted by molar-refractivity contribution is 6.29. The van der Waals surface area contributed by atoms with Gasteiger partial charge in [-0.1, -0.05) is 24.3 Å². The van der Waals surface area contributed by atoms with E-state index >= 15 is 0 Å². The number of halogens is 2. The van der Waals surface area contributed by atoms with Gasteiger partial charge in [0.1, 0.15) is 17.4 Å². The van der Waals surface area contributed by atoms with Gasteiger partial charge in [-0.25, -0.2) is 9.49 Å². The lowest BCUT2D eigenvalue weighted by Gasteiger charge is -2.34. The van der Waals surface area contributed by atoms with Crippen LogP contribution in [0.15, 0.2) is 65.5 Å². The van der Waals surface area contributed by atoms with Crippen LogP contribution >= 0.6 is 11.6 Å². The number of hydrogen-bond acceptors (Lipinski definition) is 11. The number of aryl methyl sites for hydroxylation is 1. The van der Waals surface area contributed by atoms with Crippen molar-refractivity contribution in [2.45, 2.75) is 19.3 Å². The lowest BCUT2D eigenvalue weighted by Crippen LogP contribution is -2.51. The third-order valence-electron chi connectivity index (χ3n) is 10.3. The lowest BCUT2D eigenvalue weighted by molar-refractivity contribution is -0.123. The van der Waals surface area contributed by atoms with Gasteiger partial charge < -0.3 is 39.4 Å². The summed E-state index contributed by atoms with van der Waals surface area (Å²) in [5, 5.41) is 13.5. The molecule has 1 aromatic heterocycles. The van der Waals surface area contributed by atoms with Gasteiger partial charge in [0.25, 0.3) is 17.4 Å². The zero-order chi connectivity index (χ0) is 43.0. The predicted molar refractivity (Wildman–Crippen MR) is 226 cm³/mol. The fourth-order valence-electron chi connectivity index (χ4n) is 7.15. The number of carbonyl (C=O) groups is 4. The van der Waals surface area contributed by atoms with Crippen molar-refractivity contribution in [1.82, 2.24) is 30.6 Å². The Labute approximate surface area is 357 Å². The molecule has 61 heavy (non-hydrogen) atoms. The summed E-state index contributed by atoms with van der Waals surface area (Å²) in [7, 11) is 0. The normalized spacial score (nSPS) is 14.1. The molecule has 1 saturated heterocycles. The van der Waals surface area contributed by atoms with E-state index in [0.717, 1.165) is 24.1 Å². The van der Waals surface area contributed by atoms with Crippen LogP contribution in [0.25, 0.3) is 10.8 Å². The topological polar surface area (TPSA) is 185 Å². The standard InChI is InChI=1S/C43H51ClFN7O9/c44-27-41(55)52-13-3-4-31-26-32(8-10-38(31)52)61-29-40(54)47-12-19-59-21-23-60-22-20-58-18-11-46-39(53)28-50-14-16-51(17-15-50)43(57)35-24-30(7-9-36(35)45)25-37-33-5-1-2-6-34(33)42(56)49-48-37/h1-2,5-10,24,26H,3-4,11-23,25,27-29H2,(H,46,53)(H,47,54)(H,49,56). The molecule has 3 aromatic carbocycles. The highest BCUT2D eigenvalue weighted by atomic mass is 35.5. The Bertz CT molecular complexity index is 2200.